The number of rotatable bonds is 5. The molecule has 1 amide bonds. The van der Waals surface area contributed by atoms with Crippen molar-refractivity contribution in [3.8, 4) is 0 Å². The highest BCUT2D eigenvalue weighted by Gasteiger charge is 2.23. The molecule has 3 nitrogen and oxygen atoms in total. The van der Waals surface area contributed by atoms with Crippen LogP contribution in [-0.2, 0) is 16.1 Å². The number of hydrogen-bond acceptors (Lipinski definition) is 2. The van der Waals surface area contributed by atoms with E-state index in [9.17, 15) is 9.18 Å². The lowest BCUT2D eigenvalue weighted by molar-refractivity contribution is -0.141. The van der Waals surface area contributed by atoms with E-state index in [-0.39, 0.29) is 11.7 Å². The number of methoxy groups -OCH3 is 1. The van der Waals surface area contributed by atoms with Crippen LogP contribution in [0.5, 0.6) is 0 Å². The number of hydrogen-bond donors (Lipinski definition) is 0. The molecule has 110 valence electrons. The molecule has 0 radical (unpaired) electrons. The number of amides is 1. The second kappa shape index (κ2) is 6.99. The lowest BCUT2D eigenvalue weighted by Gasteiger charge is -2.23. The summed E-state index contributed by atoms with van der Waals surface area (Å²) in [6, 6.07) is 15.5. The summed E-state index contributed by atoms with van der Waals surface area (Å²) in [4.78, 5) is 14.0. The summed E-state index contributed by atoms with van der Waals surface area (Å²) in [7, 11) is 3.19. The highest BCUT2D eigenvalue weighted by molar-refractivity contribution is 5.82. The smallest absolute Gasteiger partial charge is 0.256 e. The number of carbonyl (C=O) groups is 1. The van der Waals surface area contributed by atoms with Crippen molar-refractivity contribution in [1.82, 2.24) is 4.90 Å². The molecule has 4 heteroatoms. The second-order valence-electron chi connectivity index (χ2n) is 4.85. The van der Waals surface area contributed by atoms with Gasteiger partial charge in [0, 0.05) is 20.7 Å². The van der Waals surface area contributed by atoms with E-state index in [0.717, 1.165) is 11.1 Å². The third-order valence-corrected chi connectivity index (χ3v) is 3.25. The van der Waals surface area contributed by atoms with E-state index in [0.29, 0.717) is 6.54 Å². The van der Waals surface area contributed by atoms with Gasteiger partial charge in [-0.1, -0.05) is 42.5 Å². The first-order valence-corrected chi connectivity index (χ1v) is 6.69. The first-order valence-electron chi connectivity index (χ1n) is 6.69. The zero-order valence-electron chi connectivity index (χ0n) is 12.1. The van der Waals surface area contributed by atoms with Gasteiger partial charge in [0.2, 0.25) is 0 Å². The van der Waals surface area contributed by atoms with Crippen molar-refractivity contribution >= 4 is 5.91 Å². The van der Waals surface area contributed by atoms with E-state index in [1.807, 2.05) is 30.3 Å². The Morgan fingerprint density at radius 1 is 1.19 bits per heavy atom. The second-order valence-corrected chi connectivity index (χ2v) is 4.85. The Morgan fingerprint density at radius 2 is 1.90 bits per heavy atom. The van der Waals surface area contributed by atoms with Crippen LogP contribution < -0.4 is 0 Å². The lowest BCUT2D eigenvalue weighted by atomic mass is 10.1. The van der Waals surface area contributed by atoms with Crippen LogP contribution in [-0.4, -0.2) is 25.0 Å². The van der Waals surface area contributed by atoms with Crippen LogP contribution in [0, 0.1) is 5.82 Å². The molecule has 0 aromatic heterocycles. The number of benzene rings is 2. The van der Waals surface area contributed by atoms with Gasteiger partial charge in [-0.05, 0) is 23.3 Å². The average Bonchev–Trinajstić information content (AvgIpc) is 2.49. The Morgan fingerprint density at radius 3 is 2.52 bits per heavy atom. The molecule has 0 heterocycles. The molecule has 0 aliphatic rings. The third-order valence-electron chi connectivity index (χ3n) is 3.25. The van der Waals surface area contributed by atoms with Crippen LogP contribution in [0.3, 0.4) is 0 Å². The molecule has 21 heavy (non-hydrogen) atoms. The number of ether oxygens (including phenoxy) is 1. The summed E-state index contributed by atoms with van der Waals surface area (Å²) < 4.78 is 18.5. The molecule has 0 fully saturated rings. The largest absolute Gasteiger partial charge is 0.367 e. The number of nitrogens with zero attached hydrogens (tertiary/aromatic N) is 1. The van der Waals surface area contributed by atoms with Crippen LogP contribution in [0.25, 0.3) is 0 Å². The van der Waals surface area contributed by atoms with E-state index >= 15 is 0 Å². The summed E-state index contributed by atoms with van der Waals surface area (Å²) in [6.45, 7) is 0.337. The van der Waals surface area contributed by atoms with Gasteiger partial charge in [0.05, 0.1) is 0 Å². The van der Waals surface area contributed by atoms with Crippen molar-refractivity contribution < 1.29 is 13.9 Å². The molecule has 0 spiro atoms. The first-order chi connectivity index (χ1) is 10.1. The Hall–Kier alpha value is -2.20. The average molecular weight is 287 g/mol. The Labute approximate surface area is 124 Å². The first kappa shape index (κ1) is 15.2. The monoisotopic (exact) mass is 287 g/mol. The van der Waals surface area contributed by atoms with Gasteiger partial charge in [-0.15, -0.1) is 0 Å². The van der Waals surface area contributed by atoms with E-state index in [1.165, 1.54) is 24.1 Å². The summed E-state index contributed by atoms with van der Waals surface area (Å²) in [5, 5.41) is 0. The van der Waals surface area contributed by atoms with Gasteiger partial charge in [-0.3, -0.25) is 4.79 Å². The minimum absolute atomic E-state index is 0.159. The maximum Gasteiger partial charge on any atom is 0.256 e. The van der Waals surface area contributed by atoms with E-state index < -0.39 is 6.10 Å². The standard InChI is InChI=1S/C17H18FNO2/c1-19(12-13-7-6-10-15(18)11-13)17(20)16(21-2)14-8-4-3-5-9-14/h3-11,16H,12H2,1-2H3. The molecule has 0 aliphatic carbocycles. The van der Waals surface area contributed by atoms with Gasteiger partial charge in [-0.2, -0.15) is 0 Å². The SMILES string of the molecule is COC(C(=O)N(C)Cc1cccc(F)c1)c1ccccc1. The molecule has 0 saturated heterocycles. The van der Waals surface area contributed by atoms with E-state index in [2.05, 4.69) is 0 Å². The van der Waals surface area contributed by atoms with Crippen molar-refractivity contribution in [1.29, 1.82) is 0 Å². The van der Waals surface area contributed by atoms with Crippen molar-refractivity contribution in [2.24, 2.45) is 0 Å². The van der Waals surface area contributed by atoms with Gasteiger partial charge in [0.25, 0.3) is 5.91 Å². The van der Waals surface area contributed by atoms with Gasteiger partial charge in [0.1, 0.15) is 5.82 Å². The third kappa shape index (κ3) is 3.89. The fourth-order valence-corrected chi connectivity index (χ4v) is 2.19. The van der Waals surface area contributed by atoms with Crippen molar-refractivity contribution in [2.45, 2.75) is 12.6 Å². The normalized spacial score (nSPS) is 12.0. The molecule has 0 bridgehead atoms. The molecule has 1 unspecified atom stereocenters. The molecule has 0 N–H and O–H groups in total. The quantitative estimate of drug-likeness (QED) is 0.845. The van der Waals surface area contributed by atoms with Crippen molar-refractivity contribution in [3.05, 3.63) is 71.5 Å². The maximum absolute atomic E-state index is 13.2. The minimum Gasteiger partial charge on any atom is -0.367 e. The lowest BCUT2D eigenvalue weighted by Crippen LogP contribution is -2.32. The van der Waals surface area contributed by atoms with Crippen molar-refractivity contribution in [2.75, 3.05) is 14.2 Å². The number of likely N-dealkylation sites (N-methyl/N-ethyl adjacent to an activating group) is 1. The van der Waals surface area contributed by atoms with Crippen LogP contribution >= 0.6 is 0 Å². The molecular weight excluding hydrogens is 269 g/mol. The Kier molecular flexibility index (Phi) is 5.06. The molecular formula is C17H18FNO2. The number of carbonyl (C=O) groups excluding carboxylic acids is 1. The molecule has 2 aromatic rings. The fourth-order valence-electron chi connectivity index (χ4n) is 2.19. The Bertz CT molecular complexity index is 601. The van der Waals surface area contributed by atoms with Gasteiger partial charge in [-0.25, -0.2) is 4.39 Å². The predicted molar refractivity (Wildman–Crippen MR) is 79.1 cm³/mol. The summed E-state index contributed by atoms with van der Waals surface area (Å²) in [6.07, 6.45) is -0.648. The van der Waals surface area contributed by atoms with Crippen LogP contribution in [0.2, 0.25) is 0 Å². The van der Waals surface area contributed by atoms with Gasteiger partial charge in [0.15, 0.2) is 6.10 Å². The van der Waals surface area contributed by atoms with Crippen LogP contribution in [0.15, 0.2) is 54.6 Å². The number of halogens is 1. The summed E-state index contributed by atoms with van der Waals surface area (Å²) in [5.74, 6) is -0.465. The summed E-state index contributed by atoms with van der Waals surface area (Å²) in [5.41, 5.74) is 1.55. The zero-order valence-corrected chi connectivity index (χ0v) is 12.1. The van der Waals surface area contributed by atoms with Crippen molar-refractivity contribution in [3.63, 3.8) is 0 Å². The topological polar surface area (TPSA) is 29.5 Å². The highest BCUT2D eigenvalue weighted by Crippen LogP contribution is 2.19. The zero-order chi connectivity index (χ0) is 15.2. The molecule has 2 aromatic carbocycles. The fraction of sp³-hybridized carbons (Fsp3) is 0.235. The highest BCUT2D eigenvalue weighted by atomic mass is 19.1. The van der Waals surface area contributed by atoms with E-state index in [4.69, 9.17) is 4.74 Å². The Balaban J connectivity index is 2.10. The molecule has 2 rings (SSSR count). The van der Waals surface area contributed by atoms with E-state index in [1.54, 1.807) is 19.2 Å². The molecule has 1 atom stereocenters. The predicted octanol–water partition coefficient (Wildman–Crippen LogP) is 3.17. The minimum atomic E-state index is -0.648. The van der Waals surface area contributed by atoms with Crippen LogP contribution in [0.1, 0.15) is 17.2 Å². The summed E-state index contributed by atoms with van der Waals surface area (Å²) >= 11 is 0. The molecule has 0 saturated carbocycles. The van der Waals surface area contributed by atoms with Crippen LogP contribution in [0.4, 0.5) is 4.39 Å². The van der Waals surface area contributed by atoms with Gasteiger partial charge < -0.3 is 9.64 Å². The van der Waals surface area contributed by atoms with Gasteiger partial charge >= 0.3 is 0 Å². The maximum atomic E-state index is 13.2. The molecule has 0 aliphatic heterocycles.